The van der Waals surface area contributed by atoms with E-state index in [1.165, 1.54) is 19.3 Å². The van der Waals surface area contributed by atoms with E-state index >= 15 is 0 Å². The second kappa shape index (κ2) is 9.90. The lowest BCUT2D eigenvalue weighted by atomic mass is 9.98. The molecule has 1 saturated carbocycles. The Balaban J connectivity index is 1.76. The van der Waals surface area contributed by atoms with Crippen LogP contribution in [0.15, 0.2) is 4.99 Å². The molecule has 1 saturated heterocycles. The van der Waals surface area contributed by atoms with Crippen LogP contribution in [0.3, 0.4) is 0 Å². The van der Waals surface area contributed by atoms with Crippen molar-refractivity contribution in [2.45, 2.75) is 71.8 Å². The SMILES string of the molecule is CCNC(=NCCC1CC1)NC1CCN(C(=O)C(CC)CC)CC1. The Morgan fingerprint density at radius 1 is 1.12 bits per heavy atom. The summed E-state index contributed by atoms with van der Waals surface area (Å²) in [5.41, 5.74) is 0. The summed E-state index contributed by atoms with van der Waals surface area (Å²) in [4.78, 5) is 19.2. The minimum absolute atomic E-state index is 0.204. The van der Waals surface area contributed by atoms with Crippen LogP contribution in [0.1, 0.15) is 65.7 Å². The minimum atomic E-state index is 0.204. The number of amides is 1. The van der Waals surface area contributed by atoms with E-state index in [0.717, 1.165) is 63.7 Å². The highest BCUT2D eigenvalue weighted by molar-refractivity contribution is 5.80. The molecular formula is C19H36N4O. The van der Waals surface area contributed by atoms with E-state index in [-0.39, 0.29) is 5.92 Å². The molecule has 0 bridgehead atoms. The molecule has 2 N–H and O–H groups in total. The molecule has 0 aromatic rings. The Labute approximate surface area is 147 Å². The standard InChI is InChI=1S/C19H36N4O/c1-4-16(5-2)18(24)23-13-10-17(11-14-23)22-19(20-6-3)21-12-9-15-7-8-15/h15-17H,4-14H2,1-3H3,(H2,20,21,22). The van der Waals surface area contributed by atoms with Crippen molar-refractivity contribution in [3.05, 3.63) is 0 Å². The monoisotopic (exact) mass is 336 g/mol. The van der Waals surface area contributed by atoms with Gasteiger partial charge in [-0.2, -0.15) is 0 Å². The summed E-state index contributed by atoms with van der Waals surface area (Å²) < 4.78 is 0. The van der Waals surface area contributed by atoms with Gasteiger partial charge in [-0.05, 0) is 44.9 Å². The second-order valence-corrected chi connectivity index (χ2v) is 7.25. The predicted octanol–water partition coefficient (Wildman–Crippen LogP) is 2.77. The molecule has 0 radical (unpaired) electrons. The summed E-state index contributed by atoms with van der Waals surface area (Å²) in [6.07, 6.45) is 7.93. The fourth-order valence-corrected chi connectivity index (χ4v) is 3.42. The first kappa shape index (κ1) is 19.1. The van der Waals surface area contributed by atoms with Crippen molar-refractivity contribution >= 4 is 11.9 Å². The van der Waals surface area contributed by atoms with Crippen LogP contribution in [-0.2, 0) is 4.79 Å². The maximum Gasteiger partial charge on any atom is 0.225 e. The normalized spacial score (nSPS) is 19.7. The molecule has 0 spiro atoms. The summed E-state index contributed by atoms with van der Waals surface area (Å²) in [6, 6.07) is 0.425. The van der Waals surface area contributed by atoms with Gasteiger partial charge in [-0.3, -0.25) is 9.79 Å². The number of hydrogen-bond donors (Lipinski definition) is 2. The Morgan fingerprint density at radius 2 is 1.79 bits per heavy atom. The van der Waals surface area contributed by atoms with Crippen LogP contribution in [0, 0.1) is 11.8 Å². The Hall–Kier alpha value is -1.26. The first-order valence-electron chi connectivity index (χ1n) is 10.0. The molecule has 2 rings (SSSR count). The maximum atomic E-state index is 12.5. The molecular weight excluding hydrogens is 300 g/mol. The smallest absolute Gasteiger partial charge is 0.225 e. The number of aliphatic imine (C=N–C) groups is 1. The lowest BCUT2D eigenvalue weighted by molar-refractivity contribution is -0.136. The third-order valence-electron chi connectivity index (χ3n) is 5.33. The van der Waals surface area contributed by atoms with E-state index in [9.17, 15) is 4.79 Å². The van der Waals surface area contributed by atoms with Gasteiger partial charge in [-0.1, -0.05) is 26.7 Å². The molecule has 2 aliphatic rings. The molecule has 1 amide bonds. The largest absolute Gasteiger partial charge is 0.357 e. The number of likely N-dealkylation sites (tertiary alicyclic amines) is 1. The van der Waals surface area contributed by atoms with Gasteiger partial charge in [0.25, 0.3) is 0 Å². The van der Waals surface area contributed by atoms with E-state index in [1.807, 2.05) is 0 Å². The number of nitrogens with zero attached hydrogens (tertiary/aromatic N) is 2. The van der Waals surface area contributed by atoms with Crippen molar-refractivity contribution in [1.29, 1.82) is 0 Å². The lowest BCUT2D eigenvalue weighted by Gasteiger charge is -2.34. The van der Waals surface area contributed by atoms with Crippen LogP contribution in [0.2, 0.25) is 0 Å². The molecule has 1 heterocycles. The number of rotatable bonds is 8. The number of carbonyl (C=O) groups is 1. The molecule has 24 heavy (non-hydrogen) atoms. The van der Waals surface area contributed by atoms with Gasteiger partial charge >= 0.3 is 0 Å². The van der Waals surface area contributed by atoms with E-state index in [2.05, 4.69) is 36.3 Å². The van der Waals surface area contributed by atoms with Crippen molar-refractivity contribution < 1.29 is 4.79 Å². The zero-order valence-electron chi connectivity index (χ0n) is 15.8. The Bertz CT molecular complexity index is 408. The summed E-state index contributed by atoms with van der Waals surface area (Å²) in [5, 5.41) is 6.92. The topological polar surface area (TPSA) is 56.7 Å². The van der Waals surface area contributed by atoms with Gasteiger partial charge in [0, 0.05) is 38.1 Å². The number of piperidine rings is 1. The highest BCUT2D eigenvalue weighted by atomic mass is 16.2. The fraction of sp³-hybridized carbons (Fsp3) is 0.895. The molecule has 5 heteroatoms. The average Bonchev–Trinajstić information content (AvgIpc) is 3.41. The van der Waals surface area contributed by atoms with Gasteiger partial charge < -0.3 is 15.5 Å². The van der Waals surface area contributed by atoms with Crippen LogP contribution < -0.4 is 10.6 Å². The third kappa shape index (κ3) is 5.99. The highest BCUT2D eigenvalue weighted by Gasteiger charge is 2.27. The van der Waals surface area contributed by atoms with Crippen LogP contribution in [-0.4, -0.2) is 49.0 Å². The number of hydrogen-bond acceptors (Lipinski definition) is 2. The van der Waals surface area contributed by atoms with Crippen LogP contribution in [0.5, 0.6) is 0 Å². The molecule has 5 nitrogen and oxygen atoms in total. The molecule has 138 valence electrons. The Morgan fingerprint density at radius 3 is 2.33 bits per heavy atom. The fourth-order valence-electron chi connectivity index (χ4n) is 3.42. The van der Waals surface area contributed by atoms with Crippen molar-refractivity contribution in [3.63, 3.8) is 0 Å². The zero-order valence-corrected chi connectivity index (χ0v) is 15.8. The molecule has 0 aromatic heterocycles. The van der Waals surface area contributed by atoms with Gasteiger partial charge in [0.15, 0.2) is 5.96 Å². The third-order valence-corrected chi connectivity index (χ3v) is 5.33. The number of nitrogens with one attached hydrogen (secondary N) is 2. The van der Waals surface area contributed by atoms with Crippen molar-refractivity contribution in [3.8, 4) is 0 Å². The molecule has 1 aliphatic heterocycles. The zero-order chi connectivity index (χ0) is 17.4. The first-order chi connectivity index (χ1) is 11.7. The number of carbonyl (C=O) groups excluding carboxylic acids is 1. The number of guanidine groups is 1. The van der Waals surface area contributed by atoms with Crippen molar-refractivity contribution in [2.75, 3.05) is 26.2 Å². The average molecular weight is 337 g/mol. The van der Waals surface area contributed by atoms with Crippen LogP contribution in [0.4, 0.5) is 0 Å². The highest BCUT2D eigenvalue weighted by Crippen LogP contribution is 2.32. The molecule has 0 atom stereocenters. The predicted molar refractivity (Wildman–Crippen MR) is 100 cm³/mol. The van der Waals surface area contributed by atoms with Gasteiger partial charge in [-0.15, -0.1) is 0 Å². The molecule has 0 aromatic carbocycles. The van der Waals surface area contributed by atoms with E-state index < -0.39 is 0 Å². The molecule has 1 aliphatic carbocycles. The van der Waals surface area contributed by atoms with E-state index in [1.54, 1.807) is 0 Å². The van der Waals surface area contributed by atoms with Crippen molar-refractivity contribution in [1.82, 2.24) is 15.5 Å². The summed E-state index contributed by atoms with van der Waals surface area (Å²) >= 11 is 0. The van der Waals surface area contributed by atoms with Gasteiger partial charge in [0.05, 0.1) is 0 Å². The first-order valence-corrected chi connectivity index (χ1v) is 10.0. The van der Waals surface area contributed by atoms with Gasteiger partial charge in [-0.25, -0.2) is 0 Å². The second-order valence-electron chi connectivity index (χ2n) is 7.25. The Kier molecular flexibility index (Phi) is 7.86. The van der Waals surface area contributed by atoms with Crippen LogP contribution >= 0.6 is 0 Å². The minimum Gasteiger partial charge on any atom is -0.357 e. The van der Waals surface area contributed by atoms with Gasteiger partial charge in [0.2, 0.25) is 5.91 Å². The lowest BCUT2D eigenvalue weighted by Crippen LogP contribution is -2.50. The maximum absolute atomic E-state index is 12.5. The summed E-state index contributed by atoms with van der Waals surface area (Å²) in [7, 11) is 0. The quantitative estimate of drug-likeness (QED) is 0.529. The van der Waals surface area contributed by atoms with Crippen molar-refractivity contribution in [2.24, 2.45) is 16.8 Å². The summed E-state index contributed by atoms with van der Waals surface area (Å²) in [6.45, 7) is 9.88. The van der Waals surface area contributed by atoms with E-state index in [0.29, 0.717) is 11.9 Å². The summed E-state index contributed by atoms with van der Waals surface area (Å²) in [5.74, 6) is 2.43. The molecule has 0 unspecified atom stereocenters. The van der Waals surface area contributed by atoms with Gasteiger partial charge in [0.1, 0.15) is 0 Å². The molecule has 2 fully saturated rings. The van der Waals surface area contributed by atoms with Crippen LogP contribution in [0.25, 0.3) is 0 Å². The van der Waals surface area contributed by atoms with E-state index in [4.69, 9.17) is 4.99 Å².